The fourth-order valence-electron chi connectivity index (χ4n) is 4.47. The Bertz CT molecular complexity index is 1530. The Labute approximate surface area is 243 Å². The Kier molecular flexibility index (Phi) is 9.04. The summed E-state index contributed by atoms with van der Waals surface area (Å²) in [5.41, 5.74) is 16.5. The maximum Gasteiger partial charge on any atom is 0.407 e. The largest absolute Gasteiger partial charge is 0.445 e. The van der Waals surface area contributed by atoms with Crippen molar-refractivity contribution in [2.45, 2.75) is 13.0 Å². The lowest BCUT2D eigenvalue weighted by Gasteiger charge is -2.30. The van der Waals surface area contributed by atoms with Crippen LogP contribution in [0.2, 0.25) is 0 Å². The number of alkyl carbamates (subject to hydrolysis) is 1. The highest BCUT2D eigenvalue weighted by atomic mass is 16.5. The van der Waals surface area contributed by atoms with Crippen molar-refractivity contribution in [2.24, 2.45) is 0 Å². The molecule has 0 atom stereocenters. The highest BCUT2D eigenvalue weighted by Crippen LogP contribution is 2.31. The van der Waals surface area contributed by atoms with E-state index in [1.807, 2.05) is 54.6 Å². The zero-order valence-corrected chi connectivity index (χ0v) is 23.0. The number of rotatable bonds is 9. The highest BCUT2D eigenvalue weighted by Gasteiger charge is 2.22. The van der Waals surface area contributed by atoms with E-state index in [0.29, 0.717) is 50.7 Å². The van der Waals surface area contributed by atoms with Crippen molar-refractivity contribution in [3.63, 3.8) is 0 Å². The van der Waals surface area contributed by atoms with Gasteiger partial charge in [0, 0.05) is 31.4 Å². The number of hydrogen-bond acceptors (Lipinski definition) is 10. The van der Waals surface area contributed by atoms with Gasteiger partial charge in [-0.25, -0.2) is 19.7 Å². The van der Waals surface area contributed by atoms with Gasteiger partial charge >= 0.3 is 6.09 Å². The van der Waals surface area contributed by atoms with Crippen molar-refractivity contribution in [1.29, 1.82) is 0 Å². The number of pyridine rings is 1. The van der Waals surface area contributed by atoms with E-state index in [4.69, 9.17) is 20.9 Å². The number of nitrogens with zero attached hydrogens (tertiary/aromatic N) is 4. The van der Waals surface area contributed by atoms with E-state index in [0.717, 1.165) is 22.4 Å². The minimum Gasteiger partial charge on any atom is -0.445 e. The SMILES string of the molecule is Nc1ncc(-c2ccc(CCNC(=O)OCc3ccccc3)cc2)nc1C(=O)Nc1c(N2CCOCC2)ccnc1N. The first kappa shape index (κ1) is 28.3. The van der Waals surface area contributed by atoms with E-state index < -0.39 is 12.0 Å². The molecular weight excluding hydrogens is 536 g/mol. The molecule has 0 unspecified atom stereocenters. The van der Waals surface area contributed by atoms with Gasteiger partial charge in [0.1, 0.15) is 18.1 Å². The molecule has 5 rings (SSSR count). The number of amides is 2. The third kappa shape index (κ3) is 7.09. The number of benzene rings is 2. The molecular formula is C30H32N8O4. The standard InChI is InChI=1S/C30H32N8O4/c31-27-25(24(11-13-33-27)38-14-16-41-17-15-38)37-29(39)26-28(32)35-18-23(36-26)22-8-6-20(7-9-22)10-12-34-30(40)42-19-21-4-2-1-3-5-21/h1-9,11,13,18H,10,12,14-17,19H2,(H2,31,33)(H2,32,35)(H,34,40)(H,37,39). The van der Waals surface area contributed by atoms with Gasteiger partial charge in [0.15, 0.2) is 11.5 Å². The van der Waals surface area contributed by atoms with Crippen LogP contribution in [-0.2, 0) is 22.5 Å². The second-order valence-corrected chi connectivity index (χ2v) is 9.57. The Morgan fingerprint density at radius 1 is 0.929 bits per heavy atom. The number of nitrogen functional groups attached to an aromatic ring is 2. The molecule has 0 aliphatic carbocycles. The highest BCUT2D eigenvalue weighted by molar-refractivity contribution is 6.09. The summed E-state index contributed by atoms with van der Waals surface area (Å²) < 4.78 is 10.7. The van der Waals surface area contributed by atoms with Gasteiger partial charge in [0.25, 0.3) is 5.91 Å². The Morgan fingerprint density at radius 3 is 2.45 bits per heavy atom. The monoisotopic (exact) mass is 568 g/mol. The quantitative estimate of drug-likeness (QED) is 0.235. The summed E-state index contributed by atoms with van der Waals surface area (Å²) in [5.74, 6) is -0.365. The summed E-state index contributed by atoms with van der Waals surface area (Å²) in [6.07, 6.45) is 3.26. The van der Waals surface area contributed by atoms with Gasteiger partial charge in [-0.1, -0.05) is 54.6 Å². The van der Waals surface area contributed by atoms with Crippen LogP contribution in [0.4, 0.5) is 27.8 Å². The summed E-state index contributed by atoms with van der Waals surface area (Å²) >= 11 is 0. The number of morpholine rings is 1. The zero-order valence-electron chi connectivity index (χ0n) is 23.0. The van der Waals surface area contributed by atoms with Gasteiger partial charge in [0.05, 0.1) is 30.8 Å². The van der Waals surface area contributed by atoms with Crippen molar-refractivity contribution < 1.29 is 19.1 Å². The van der Waals surface area contributed by atoms with Crippen LogP contribution < -0.4 is 27.0 Å². The number of ether oxygens (including phenoxy) is 2. The summed E-state index contributed by atoms with van der Waals surface area (Å²) in [6.45, 7) is 3.11. The minimum absolute atomic E-state index is 0.00604. The van der Waals surface area contributed by atoms with Crippen LogP contribution in [0.3, 0.4) is 0 Å². The van der Waals surface area contributed by atoms with E-state index in [1.165, 1.54) is 6.20 Å². The molecule has 0 radical (unpaired) electrons. The number of carbonyl (C=O) groups excluding carboxylic acids is 2. The van der Waals surface area contributed by atoms with Gasteiger partial charge in [-0.05, 0) is 23.6 Å². The minimum atomic E-state index is -0.544. The molecule has 6 N–H and O–H groups in total. The Hall–Kier alpha value is -5.23. The molecule has 0 spiro atoms. The number of anilines is 4. The summed E-state index contributed by atoms with van der Waals surface area (Å²) in [6, 6.07) is 18.9. The average Bonchev–Trinajstić information content (AvgIpc) is 3.02. The van der Waals surface area contributed by atoms with Crippen LogP contribution in [0.15, 0.2) is 73.1 Å². The van der Waals surface area contributed by atoms with Gasteiger partial charge in [-0.3, -0.25) is 4.79 Å². The maximum absolute atomic E-state index is 13.3. The number of hydrogen-bond donors (Lipinski definition) is 4. The van der Waals surface area contributed by atoms with Crippen molar-refractivity contribution in [1.82, 2.24) is 20.3 Å². The lowest BCUT2D eigenvalue weighted by molar-refractivity contribution is 0.102. The van der Waals surface area contributed by atoms with Gasteiger partial charge in [0.2, 0.25) is 0 Å². The van der Waals surface area contributed by atoms with Crippen LogP contribution in [0.5, 0.6) is 0 Å². The summed E-state index contributed by atoms with van der Waals surface area (Å²) in [5, 5.41) is 5.59. The molecule has 1 saturated heterocycles. The first-order valence-corrected chi connectivity index (χ1v) is 13.5. The van der Waals surface area contributed by atoms with Crippen molar-refractivity contribution in [3.8, 4) is 11.3 Å². The van der Waals surface area contributed by atoms with E-state index in [9.17, 15) is 9.59 Å². The van der Waals surface area contributed by atoms with Gasteiger partial charge in [-0.15, -0.1) is 0 Å². The fourth-order valence-corrected chi connectivity index (χ4v) is 4.47. The van der Waals surface area contributed by atoms with Crippen molar-refractivity contribution in [2.75, 3.05) is 54.5 Å². The van der Waals surface area contributed by atoms with Crippen LogP contribution in [0.25, 0.3) is 11.3 Å². The van der Waals surface area contributed by atoms with Crippen molar-refractivity contribution in [3.05, 3.63) is 89.9 Å². The van der Waals surface area contributed by atoms with Gasteiger partial charge < -0.3 is 36.5 Å². The van der Waals surface area contributed by atoms with E-state index in [2.05, 4.69) is 30.5 Å². The first-order chi connectivity index (χ1) is 20.5. The van der Waals surface area contributed by atoms with E-state index in [1.54, 1.807) is 12.3 Å². The topological polar surface area (TPSA) is 171 Å². The summed E-state index contributed by atoms with van der Waals surface area (Å²) in [7, 11) is 0. The van der Waals surface area contributed by atoms with Crippen LogP contribution in [0.1, 0.15) is 21.6 Å². The Balaban J connectivity index is 1.20. The zero-order chi connectivity index (χ0) is 29.3. The number of nitrogens with one attached hydrogen (secondary N) is 2. The van der Waals surface area contributed by atoms with E-state index >= 15 is 0 Å². The molecule has 3 heterocycles. The molecule has 1 aliphatic heterocycles. The van der Waals surface area contributed by atoms with Crippen molar-refractivity contribution >= 4 is 35.0 Å². The molecule has 4 aromatic rings. The molecule has 2 aromatic carbocycles. The second-order valence-electron chi connectivity index (χ2n) is 9.57. The number of aromatic nitrogens is 3. The molecule has 42 heavy (non-hydrogen) atoms. The second kappa shape index (κ2) is 13.4. The molecule has 2 amide bonds. The molecule has 216 valence electrons. The van der Waals surface area contributed by atoms with Gasteiger partial charge in [-0.2, -0.15) is 0 Å². The molecule has 12 heteroatoms. The fraction of sp³-hybridized carbons (Fsp3) is 0.233. The maximum atomic E-state index is 13.3. The summed E-state index contributed by atoms with van der Waals surface area (Å²) in [4.78, 5) is 40.2. The first-order valence-electron chi connectivity index (χ1n) is 13.5. The number of carbonyl (C=O) groups is 2. The van der Waals surface area contributed by atoms with E-state index in [-0.39, 0.29) is 23.9 Å². The third-order valence-corrected chi connectivity index (χ3v) is 6.71. The Morgan fingerprint density at radius 2 is 1.69 bits per heavy atom. The van der Waals surface area contributed by atoms with Crippen LogP contribution in [0, 0.1) is 0 Å². The van der Waals surface area contributed by atoms with Crippen LogP contribution >= 0.6 is 0 Å². The molecule has 0 bridgehead atoms. The molecule has 2 aromatic heterocycles. The number of nitrogens with two attached hydrogens (primary N) is 2. The predicted octanol–water partition coefficient (Wildman–Crippen LogP) is 3.26. The molecule has 1 aliphatic rings. The average molecular weight is 569 g/mol. The molecule has 0 saturated carbocycles. The smallest absolute Gasteiger partial charge is 0.407 e. The third-order valence-electron chi connectivity index (χ3n) is 6.71. The molecule has 1 fully saturated rings. The lowest BCUT2D eigenvalue weighted by Crippen LogP contribution is -2.37. The predicted molar refractivity (Wildman–Crippen MR) is 160 cm³/mol. The lowest BCUT2D eigenvalue weighted by atomic mass is 10.1. The normalized spacial score (nSPS) is 12.9. The molecule has 12 nitrogen and oxygen atoms in total. The van der Waals surface area contributed by atoms with Crippen LogP contribution in [-0.4, -0.2) is 59.8 Å².